The van der Waals surface area contributed by atoms with E-state index in [-0.39, 0.29) is 17.9 Å². The van der Waals surface area contributed by atoms with Crippen LogP contribution in [-0.2, 0) is 16.1 Å². The molecular formula is C26H24FN3O4. The van der Waals surface area contributed by atoms with E-state index >= 15 is 0 Å². The summed E-state index contributed by atoms with van der Waals surface area (Å²) in [7, 11) is 0. The summed E-state index contributed by atoms with van der Waals surface area (Å²) in [5.74, 6) is -1.63. The van der Waals surface area contributed by atoms with Crippen LogP contribution >= 0.6 is 0 Å². The highest BCUT2D eigenvalue weighted by Crippen LogP contribution is 2.39. The summed E-state index contributed by atoms with van der Waals surface area (Å²) in [4.78, 5) is 31.5. The maximum Gasteiger partial charge on any atom is 0.295 e. The van der Waals surface area contributed by atoms with E-state index in [9.17, 15) is 19.1 Å². The molecule has 1 saturated heterocycles. The van der Waals surface area contributed by atoms with Gasteiger partial charge in [-0.25, -0.2) is 9.37 Å². The van der Waals surface area contributed by atoms with Crippen LogP contribution < -0.4 is 4.74 Å². The Bertz CT molecular complexity index is 1200. The van der Waals surface area contributed by atoms with Crippen molar-refractivity contribution in [1.82, 2.24) is 14.5 Å². The van der Waals surface area contributed by atoms with Gasteiger partial charge >= 0.3 is 0 Å². The average molecular weight is 461 g/mol. The monoisotopic (exact) mass is 461 g/mol. The number of amides is 1. The zero-order valence-electron chi connectivity index (χ0n) is 18.4. The first kappa shape index (κ1) is 23.0. The van der Waals surface area contributed by atoms with E-state index in [1.165, 1.54) is 29.2 Å². The van der Waals surface area contributed by atoms with E-state index in [0.29, 0.717) is 36.4 Å². The van der Waals surface area contributed by atoms with Crippen molar-refractivity contribution in [3.8, 4) is 5.75 Å². The summed E-state index contributed by atoms with van der Waals surface area (Å²) in [5.41, 5.74) is 0.879. The van der Waals surface area contributed by atoms with Crippen molar-refractivity contribution >= 4 is 17.4 Å². The number of aliphatic hydroxyl groups excluding tert-OH is 1. The van der Waals surface area contributed by atoms with Crippen LogP contribution in [0.5, 0.6) is 5.75 Å². The third kappa shape index (κ3) is 4.76. The summed E-state index contributed by atoms with van der Waals surface area (Å²) in [6.07, 6.45) is 7.34. The highest BCUT2D eigenvalue weighted by molar-refractivity contribution is 6.46. The Labute approximate surface area is 196 Å². The van der Waals surface area contributed by atoms with E-state index in [0.717, 1.165) is 0 Å². The van der Waals surface area contributed by atoms with Gasteiger partial charge in [-0.2, -0.15) is 0 Å². The number of ketones is 1. The van der Waals surface area contributed by atoms with Gasteiger partial charge in [-0.15, -0.1) is 0 Å². The van der Waals surface area contributed by atoms with Crippen LogP contribution in [0.25, 0.3) is 5.76 Å². The van der Waals surface area contributed by atoms with Gasteiger partial charge in [0.15, 0.2) is 0 Å². The second kappa shape index (κ2) is 10.2. The molecule has 0 spiro atoms. The molecule has 0 unspecified atom stereocenters. The first-order valence-corrected chi connectivity index (χ1v) is 10.8. The number of carbonyl (C=O) groups is 2. The van der Waals surface area contributed by atoms with Crippen LogP contribution in [-0.4, -0.2) is 44.4 Å². The van der Waals surface area contributed by atoms with E-state index in [2.05, 4.69) is 11.6 Å². The number of ether oxygens (including phenoxy) is 1. The van der Waals surface area contributed by atoms with Crippen molar-refractivity contribution in [2.45, 2.75) is 19.0 Å². The smallest absolute Gasteiger partial charge is 0.295 e. The Kier molecular flexibility index (Phi) is 6.87. The number of hydrogen-bond acceptors (Lipinski definition) is 5. The Morgan fingerprint density at radius 2 is 1.85 bits per heavy atom. The van der Waals surface area contributed by atoms with Gasteiger partial charge in [-0.1, -0.05) is 24.8 Å². The molecule has 1 amide bonds. The molecule has 1 aromatic heterocycles. The molecule has 1 aliphatic rings. The number of hydrogen-bond donors (Lipinski definition) is 1. The fraction of sp³-hybridized carbons (Fsp3) is 0.192. The minimum Gasteiger partial charge on any atom is -0.507 e. The second-order valence-electron chi connectivity index (χ2n) is 7.82. The second-order valence-corrected chi connectivity index (χ2v) is 7.82. The van der Waals surface area contributed by atoms with Crippen molar-refractivity contribution in [2.75, 3.05) is 13.2 Å². The summed E-state index contributed by atoms with van der Waals surface area (Å²) >= 11 is 0. The van der Waals surface area contributed by atoms with Gasteiger partial charge in [-0.3, -0.25) is 9.59 Å². The fourth-order valence-electron chi connectivity index (χ4n) is 3.96. The number of rotatable bonds is 9. The van der Waals surface area contributed by atoms with Gasteiger partial charge in [0.05, 0.1) is 17.9 Å². The summed E-state index contributed by atoms with van der Waals surface area (Å²) in [5, 5.41) is 11.1. The lowest BCUT2D eigenvalue weighted by Gasteiger charge is -2.25. The fourth-order valence-corrected chi connectivity index (χ4v) is 3.96. The molecule has 0 aliphatic carbocycles. The normalized spacial score (nSPS) is 17.2. The number of benzene rings is 2. The number of aromatic nitrogens is 2. The van der Waals surface area contributed by atoms with E-state index < -0.39 is 23.5 Å². The average Bonchev–Trinajstić information content (AvgIpc) is 3.45. The number of imidazole rings is 1. The zero-order chi connectivity index (χ0) is 24.1. The summed E-state index contributed by atoms with van der Waals surface area (Å²) in [6, 6.07) is 11.3. The Hall–Kier alpha value is -4.20. The summed E-state index contributed by atoms with van der Waals surface area (Å²) < 4.78 is 20.9. The molecule has 0 radical (unpaired) electrons. The first-order valence-electron chi connectivity index (χ1n) is 10.8. The van der Waals surface area contributed by atoms with Gasteiger partial charge in [0.2, 0.25) is 0 Å². The first-order chi connectivity index (χ1) is 16.5. The molecule has 2 aromatic carbocycles. The quantitative estimate of drug-likeness (QED) is 0.225. The van der Waals surface area contributed by atoms with Crippen LogP contribution in [0.4, 0.5) is 4.39 Å². The van der Waals surface area contributed by atoms with Gasteiger partial charge in [0, 0.05) is 31.0 Å². The Morgan fingerprint density at radius 3 is 2.50 bits per heavy atom. The number of carbonyl (C=O) groups excluding carboxylic acids is 2. The lowest BCUT2D eigenvalue weighted by molar-refractivity contribution is -0.139. The topological polar surface area (TPSA) is 84.7 Å². The van der Waals surface area contributed by atoms with Gasteiger partial charge < -0.3 is 19.3 Å². The molecule has 174 valence electrons. The van der Waals surface area contributed by atoms with E-state index in [1.54, 1.807) is 42.9 Å². The van der Waals surface area contributed by atoms with Crippen molar-refractivity contribution in [3.05, 3.63) is 102 Å². The third-order valence-electron chi connectivity index (χ3n) is 5.60. The number of likely N-dealkylation sites (tertiary alicyclic amines) is 1. The van der Waals surface area contributed by atoms with Gasteiger partial charge in [0.1, 0.15) is 23.9 Å². The molecule has 2 heterocycles. The van der Waals surface area contributed by atoms with Crippen molar-refractivity contribution < 1.29 is 23.8 Å². The van der Waals surface area contributed by atoms with Crippen LogP contribution in [0.3, 0.4) is 0 Å². The van der Waals surface area contributed by atoms with Crippen molar-refractivity contribution in [3.63, 3.8) is 0 Å². The molecule has 1 fully saturated rings. The molecule has 1 aliphatic heterocycles. The van der Waals surface area contributed by atoms with E-state index in [4.69, 9.17) is 4.74 Å². The molecule has 0 bridgehead atoms. The van der Waals surface area contributed by atoms with Crippen LogP contribution in [0, 0.1) is 5.82 Å². The zero-order valence-corrected chi connectivity index (χ0v) is 18.4. The molecular weight excluding hydrogens is 437 g/mol. The van der Waals surface area contributed by atoms with Crippen LogP contribution in [0.15, 0.2) is 85.5 Å². The van der Waals surface area contributed by atoms with E-state index in [1.807, 2.05) is 10.8 Å². The molecule has 1 atom stereocenters. The van der Waals surface area contributed by atoms with Crippen LogP contribution in [0.2, 0.25) is 0 Å². The number of nitrogens with zero attached hydrogens (tertiary/aromatic N) is 3. The molecule has 3 aromatic rings. The number of halogens is 1. The van der Waals surface area contributed by atoms with Crippen LogP contribution in [0.1, 0.15) is 23.6 Å². The molecule has 8 heteroatoms. The largest absolute Gasteiger partial charge is 0.507 e. The molecule has 34 heavy (non-hydrogen) atoms. The standard InChI is InChI=1S/C26H24FN3O4/c1-2-16-34-21-10-6-19(7-11-21)24(31)22-23(18-4-8-20(27)9-5-18)30(26(33)25(22)32)14-3-13-29-15-12-28-17-29/h2,4-12,15,17,23,31H,1,3,13-14,16H2/t23-/m1/s1. The predicted molar refractivity (Wildman–Crippen MR) is 124 cm³/mol. The maximum absolute atomic E-state index is 13.6. The third-order valence-corrected chi connectivity index (χ3v) is 5.60. The number of aryl methyl sites for hydroxylation is 1. The molecule has 7 nitrogen and oxygen atoms in total. The predicted octanol–water partition coefficient (Wildman–Crippen LogP) is 4.10. The Morgan fingerprint density at radius 1 is 1.12 bits per heavy atom. The molecule has 4 rings (SSSR count). The summed E-state index contributed by atoms with van der Waals surface area (Å²) in [6.45, 7) is 4.81. The van der Waals surface area contributed by atoms with Crippen molar-refractivity contribution in [2.24, 2.45) is 0 Å². The molecule has 0 saturated carbocycles. The highest BCUT2D eigenvalue weighted by Gasteiger charge is 2.45. The lowest BCUT2D eigenvalue weighted by atomic mass is 9.95. The number of aliphatic hydroxyl groups is 1. The van der Waals surface area contributed by atoms with Gasteiger partial charge in [0.25, 0.3) is 11.7 Å². The molecule has 1 N–H and O–H groups in total. The van der Waals surface area contributed by atoms with Crippen molar-refractivity contribution in [1.29, 1.82) is 0 Å². The number of Topliss-reactive ketones (excluding diaryl/α,β-unsaturated/α-hetero) is 1. The highest BCUT2D eigenvalue weighted by atomic mass is 19.1. The van der Waals surface area contributed by atoms with Gasteiger partial charge in [-0.05, 0) is 48.4 Å². The maximum atomic E-state index is 13.6. The minimum atomic E-state index is -0.833. The Balaban J connectivity index is 1.68. The SMILES string of the molecule is C=CCOc1ccc(C(O)=C2C(=O)C(=O)N(CCCn3ccnc3)[C@@H]2c2ccc(F)cc2)cc1. The lowest BCUT2D eigenvalue weighted by Crippen LogP contribution is -2.31. The minimum absolute atomic E-state index is 0.0287.